The van der Waals surface area contributed by atoms with Gasteiger partial charge in [0.25, 0.3) is 0 Å². The minimum absolute atomic E-state index is 0.0391. The van der Waals surface area contributed by atoms with Crippen molar-refractivity contribution in [2.24, 2.45) is 0 Å². The van der Waals surface area contributed by atoms with Gasteiger partial charge in [-0.1, -0.05) is 150 Å². The number of benzene rings is 5. The van der Waals surface area contributed by atoms with E-state index >= 15 is 0 Å². The molecule has 0 amide bonds. The summed E-state index contributed by atoms with van der Waals surface area (Å²) >= 11 is 0. The van der Waals surface area contributed by atoms with Crippen LogP contribution >= 0.6 is 0 Å². The van der Waals surface area contributed by atoms with Crippen molar-refractivity contribution in [2.75, 3.05) is 4.90 Å². The standard InChI is InChI=1S/C47H51N/c1-46(2)44-21-13-12-20-42(44)43-31-30-41(34-45(43)46)48(39-26-22-36(23-27-39)35-16-8-6-9-17-35)40-28-24-38(25-29-40)47(37-18-10-7-11-19-37)32-14-4-3-5-15-33-47/h7,10-13,18-31,34-35H,3-6,8-9,14-17,32-33H2,1-2H3. The van der Waals surface area contributed by atoms with Crippen molar-refractivity contribution in [1.29, 1.82) is 0 Å². The highest BCUT2D eigenvalue weighted by molar-refractivity contribution is 5.85. The SMILES string of the molecule is CC1(C)c2ccccc2-c2ccc(N(c3ccc(C4CCCCC4)cc3)c3ccc(C4(c5ccccc5)CCCCCCC4)cc3)cc21. The molecule has 0 radical (unpaired) electrons. The quantitative estimate of drug-likeness (QED) is 0.181. The number of hydrogen-bond donors (Lipinski definition) is 0. The van der Waals surface area contributed by atoms with Crippen molar-refractivity contribution in [3.05, 3.63) is 149 Å². The molecule has 0 saturated heterocycles. The Balaban J connectivity index is 1.21. The van der Waals surface area contributed by atoms with Gasteiger partial charge < -0.3 is 4.90 Å². The van der Waals surface area contributed by atoms with Crippen LogP contribution in [0.3, 0.4) is 0 Å². The molecule has 2 saturated carbocycles. The highest BCUT2D eigenvalue weighted by Gasteiger charge is 2.36. The molecule has 3 aliphatic carbocycles. The van der Waals surface area contributed by atoms with Crippen molar-refractivity contribution in [1.82, 2.24) is 0 Å². The van der Waals surface area contributed by atoms with Crippen LogP contribution in [0.4, 0.5) is 17.1 Å². The van der Waals surface area contributed by atoms with Gasteiger partial charge in [-0.2, -0.15) is 0 Å². The summed E-state index contributed by atoms with van der Waals surface area (Å²) in [5.74, 6) is 0.706. The molecule has 0 atom stereocenters. The summed E-state index contributed by atoms with van der Waals surface area (Å²) in [5.41, 5.74) is 13.8. The van der Waals surface area contributed by atoms with E-state index in [1.807, 2.05) is 0 Å². The predicted molar refractivity (Wildman–Crippen MR) is 204 cm³/mol. The van der Waals surface area contributed by atoms with Crippen LogP contribution in [0.1, 0.15) is 125 Å². The second-order valence-electron chi connectivity index (χ2n) is 15.4. The summed E-state index contributed by atoms with van der Waals surface area (Å²) in [6.45, 7) is 4.77. The fourth-order valence-corrected chi connectivity index (χ4v) is 9.55. The van der Waals surface area contributed by atoms with E-state index in [0.29, 0.717) is 5.92 Å². The lowest BCUT2D eigenvalue weighted by Gasteiger charge is -2.37. The van der Waals surface area contributed by atoms with Crippen molar-refractivity contribution >= 4 is 17.1 Å². The van der Waals surface area contributed by atoms with Gasteiger partial charge in [-0.25, -0.2) is 0 Å². The molecule has 8 rings (SSSR count). The van der Waals surface area contributed by atoms with Gasteiger partial charge in [-0.15, -0.1) is 0 Å². The number of nitrogens with zero attached hydrogens (tertiary/aromatic N) is 1. The Morgan fingerprint density at radius 2 is 1.02 bits per heavy atom. The molecule has 0 heterocycles. The Bertz CT molecular complexity index is 1830. The second-order valence-corrected chi connectivity index (χ2v) is 15.4. The largest absolute Gasteiger partial charge is 0.310 e. The minimum Gasteiger partial charge on any atom is -0.310 e. The first-order valence-electron chi connectivity index (χ1n) is 18.9. The minimum atomic E-state index is -0.0391. The highest BCUT2D eigenvalue weighted by atomic mass is 15.1. The Morgan fingerprint density at radius 1 is 0.479 bits per heavy atom. The molecule has 48 heavy (non-hydrogen) atoms. The number of fused-ring (bicyclic) bond motifs is 3. The summed E-state index contributed by atoms with van der Waals surface area (Å²) in [6, 6.07) is 46.9. The molecule has 0 spiro atoms. The van der Waals surface area contributed by atoms with Gasteiger partial charge in [0.05, 0.1) is 0 Å². The summed E-state index contributed by atoms with van der Waals surface area (Å²) in [7, 11) is 0. The first kappa shape index (κ1) is 31.2. The molecule has 0 aromatic heterocycles. The molecule has 3 aliphatic rings. The Kier molecular flexibility index (Phi) is 8.49. The first-order valence-corrected chi connectivity index (χ1v) is 18.9. The van der Waals surface area contributed by atoms with Gasteiger partial charge >= 0.3 is 0 Å². The van der Waals surface area contributed by atoms with E-state index < -0.39 is 0 Å². The smallest absolute Gasteiger partial charge is 0.0465 e. The van der Waals surface area contributed by atoms with Crippen LogP contribution in [0.2, 0.25) is 0 Å². The molecule has 0 unspecified atom stereocenters. The molecular formula is C47H51N. The van der Waals surface area contributed by atoms with Crippen molar-refractivity contribution in [3.63, 3.8) is 0 Å². The maximum Gasteiger partial charge on any atom is 0.0465 e. The highest BCUT2D eigenvalue weighted by Crippen LogP contribution is 2.51. The normalized spacial score (nSPS) is 18.7. The zero-order chi connectivity index (χ0) is 32.6. The van der Waals surface area contributed by atoms with Gasteiger partial charge in [-0.05, 0) is 107 Å². The second kappa shape index (κ2) is 13.1. The topological polar surface area (TPSA) is 3.24 Å². The zero-order valence-electron chi connectivity index (χ0n) is 29.1. The molecule has 5 aromatic rings. The third-order valence-corrected chi connectivity index (χ3v) is 12.3. The lowest BCUT2D eigenvalue weighted by atomic mass is 9.67. The maximum atomic E-state index is 2.50. The molecule has 0 N–H and O–H groups in total. The van der Waals surface area contributed by atoms with Crippen LogP contribution in [0.25, 0.3) is 11.1 Å². The maximum absolute atomic E-state index is 2.50. The average molecular weight is 630 g/mol. The zero-order valence-corrected chi connectivity index (χ0v) is 29.1. The lowest BCUT2D eigenvalue weighted by Crippen LogP contribution is -2.29. The summed E-state index contributed by atoms with van der Waals surface area (Å²) < 4.78 is 0. The van der Waals surface area contributed by atoms with E-state index in [9.17, 15) is 0 Å². The van der Waals surface area contributed by atoms with Gasteiger partial charge in [0, 0.05) is 27.9 Å². The molecule has 5 aromatic carbocycles. The molecular weight excluding hydrogens is 579 g/mol. The molecule has 2 fully saturated rings. The van der Waals surface area contributed by atoms with E-state index in [1.165, 1.54) is 133 Å². The van der Waals surface area contributed by atoms with E-state index in [1.54, 1.807) is 0 Å². The van der Waals surface area contributed by atoms with Gasteiger partial charge in [0.15, 0.2) is 0 Å². The van der Waals surface area contributed by atoms with E-state index in [-0.39, 0.29) is 10.8 Å². The number of rotatable bonds is 6. The van der Waals surface area contributed by atoms with Crippen LogP contribution in [-0.2, 0) is 10.8 Å². The Morgan fingerprint density at radius 3 is 1.73 bits per heavy atom. The van der Waals surface area contributed by atoms with E-state index in [2.05, 4.69) is 140 Å². The summed E-state index contributed by atoms with van der Waals surface area (Å²) in [5, 5.41) is 0. The van der Waals surface area contributed by atoms with Crippen molar-refractivity contribution in [2.45, 2.75) is 108 Å². The molecule has 244 valence electrons. The van der Waals surface area contributed by atoms with Crippen LogP contribution in [0, 0.1) is 0 Å². The third-order valence-electron chi connectivity index (χ3n) is 12.3. The first-order chi connectivity index (χ1) is 23.5. The van der Waals surface area contributed by atoms with Crippen LogP contribution in [0.15, 0.2) is 121 Å². The van der Waals surface area contributed by atoms with Crippen molar-refractivity contribution in [3.8, 4) is 11.1 Å². The van der Waals surface area contributed by atoms with Crippen molar-refractivity contribution < 1.29 is 0 Å². The summed E-state index contributed by atoms with van der Waals surface area (Å²) in [6.07, 6.45) is 15.9. The van der Waals surface area contributed by atoms with Gasteiger partial charge in [0.2, 0.25) is 0 Å². The fourth-order valence-electron chi connectivity index (χ4n) is 9.55. The van der Waals surface area contributed by atoms with Gasteiger partial charge in [0.1, 0.15) is 0 Å². The van der Waals surface area contributed by atoms with E-state index in [4.69, 9.17) is 0 Å². The molecule has 1 heteroatoms. The Hall–Kier alpha value is -4.10. The average Bonchev–Trinajstić information content (AvgIpc) is 3.36. The molecule has 0 bridgehead atoms. The number of hydrogen-bond acceptors (Lipinski definition) is 1. The molecule has 1 nitrogen and oxygen atoms in total. The number of anilines is 3. The van der Waals surface area contributed by atoms with Crippen LogP contribution in [0.5, 0.6) is 0 Å². The fraction of sp³-hybridized carbons (Fsp3) is 0.362. The predicted octanol–water partition coefficient (Wildman–Crippen LogP) is 13.5. The summed E-state index contributed by atoms with van der Waals surface area (Å²) in [4.78, 5) is 2.50. The van der Waals surface area contributed by atoms with Crippen LogP contribution < -0.4 is 4.90 Å². The van der Waals surface area contributed by atoms with Crippen LogP contribution in [-0.4, -0.2) is 0 Å². The van der Waals surface area contributed by atoms with Gasteiger partial charge in [-0.3, -0.25) is 0 Å². The Labute approximate surface area is 289 Å². The monoisotopic (exact) mass is 629 g/mol. The lowest BCUT2D eigenvalue weighted by molar-refractivity contribution is 0.366. The van der Waals surface area contributed by atoms with E-state index in [0.717, 1.165) is 0 Å². The molecule has 0 aliphatic heterocycles. The third kappa shape index (κ3) is 5.60.